The lowest BCUT2D eigenvalue weighted by atomic mass is 10.1. The van der Waals surface area contributed by atoms with Crippen molar-refractivity contribution in [2.45, 2.75) is 39.2 Å². The van der Waals surface area contributed by atoms with E-state index in [0.29, 0.717) is 0 Å². The van der Waals surface area contributed by atoms with Crippen molar-refractivity contribution in [1.29, 1.82) is 0 Å². The zero-order chi connectivity index (χ0) is 27.1. The summed E-state index contributed by atoms with van der Waals surface area (Å²) >= 11 is 1.53. The van der Waals surface area contributed by atoms with Crippen LogP contribution in [0.15, 0.2) is 67.1 Å². The van der Waals surface area contributed by atoms with Crippen molar-refractivity contribution >= 4 is 38.9 Å². The van der Waals surface area contributed by atoms with Crippen molar-refractivity contribution in [2.24, 2.45) is 5.92 Å². The van der Waals surface area contributed by atoms with Gasteiger partial charge >= 0.3 is 0 Å². The van der Waals surface area contributed by atoms with Gasteiger partial charge in [0.05, 0.1) is 28.0 Å². The molecule has 8 heteroatoms. The van der Waals surface area contributed by atoms with Gasteiger partial charge in [0.15, 0.2) is 5.78 Å². The maximum absolute atomic E-state index is 11.9. The SMILES string of the molecule is CC(=O)c1ccc(-c2cccc3[nH]c(-c4n[nH]c5cnc(-c6cncc(CNCC7CCCC7)c6)cc45)cc23)s1. The first-order valence-electron chi connectivity index (χ1n) is 13.8. The minimum Gasteiger partial charge on any atom is -0.353 e. The molecule has 7 nitrogen and oxygen atoms in total. The number of thiophene rings is 1. The molecular weight excluding hydrogens is 516 g/mol. The van der Waals surface area contributed by atoms with E-state index >= 15 is 0 Å². The summed E-state index contributed by atoms with van der Waals surface area (Å²) in [7, 11) is 0. The van der Waals surface area contributed by atoms with Crippen LogP contribution < -0.4 is 5.32 Å². The number of aromatic amines is 2. The number of nitrogens with one attached hydrogen (secondary N) is 3. The number of hydrogen-bond donors (Lipinski definition) is 3. The molecule has 1 aliphatic rings. The smallest absolute Gasteiger partial charge is 0.169 e. The van der Waals surface area contributed by atoms with Crippen molar-refractivity contribution in [3.8, 4) is 33.1 Å². The fourth-order valence-electron chi connectivity index (χ4n) is 5.81. The van der Waals surface area contributed by atoms with E-state index < -0.39 is 0 Å². The third-order valence-electron chi connectivity index (χ3n) is 7.91. The number of benzene rings is 1. The van der Waals surface area contributed by atoms with Crippen LogP contribution in [-0.2, 0) is 6.54 Å². The number of rotatable bonds is 8. The Balaban J connectivity index is 1.20. The van der Waals surface area contributed by atoms with E-state index in [1.165, 1.54) is 37.0 Å². The molecule has 0 saturated heterocycles. The number of pyridine rings is 2. The van der Waals surface area contributed by atoms with E-state index in [1.807, 2.05) is 36.8 Å². The Morgan fingerprint density at radius 3 is 2.77 bits per heavy atom. The first-order chi connectivity index (χ1) is 19.6. The van der Waals surface area contributed by atoms with Crippen LogP contribution in [0.2, 0.25) is 0 Å². The second kappa shape index (κ2) is 10.4. The molecule has 200 valence electrons. The fourth-order valence-corrected chi connectivity index (χ4v) is 6.75. The highest BCUT2D eigenvalue weighted by molar-refractivity contribution is 7.17. The molecule has 3 N–H and O–H groups in total. The number of H-pyrrole nitrogens is 2. The Bertz CT molecular complexity index is 1840. The minimum atomic E-state index is 0.0895. The lowest BCUT2D eigenvalue weighted by Crippen LogP contribution is -2.20. The van der Waals surface area contributed by atoms with Gasteiger partial charge in [0.2, 0.25) is 0 Å². The van der Waals surface area contributed by atoms with E-state index in [2.05, 4.69) is 55.8 Å². The first-order valence-corrected chi connectivity index (χ1v) is 14.7. The maximum Gasteiger partial charge on any atom is 0.169 e. The molecule has 0 bridgehead atoms. The molecule has 1 saturated carbocycles. The van der Waals surface area contributed by atoms with Crippen molar-refractivity contribution in [1.82, 2.24) is 30.5 Å². The molecule has 6 aromatic rings. The van der Waals surface area contributed by atoms with Crippen LogP contribution in [0.4, 0.5) is 0 Å². The lowest BCUT2D eigenvalue weighted by molar-refractivity contribution is 0.102. The number of hydrogen-bond acceptors (Lipinski definition) is 6. The summed E-state index contributed by atoms with van der Waals surface area (Å²) in [6, 6.07) is 16.5. The molecule has 1 aliphatic carbocycles. The number of aromatic nitrogens is 5. The van der Waals surface area contributed by atoms with Gasteiger partial charge in [-0.1, -0.05) is 25.0 Å². The third kappa shape index (κ3) is 4.74. The molecule has 0 spiro atoms. The average Bonchev–Trinajstić information content (AvgIpc) is 3.78. The molecule has 0 unspecified atom stereocenters. The van der Waals surface area contributed by atoms with Gasteiger partial charge in [-0.3, -0.25) is 19.9 Å². The van der Waals surface area contributed by atoms with E-state index in [-0.39, 0.29) is 5.78 Å². The Labute approximate surface area is 236 Å². The normalized spacial score (nSPS) is 14.0. The fraction of sp³-hybridized carbons (Fsp3) is 0.250. The minimum absolute atomic E-state index is 0.0895. The van der Waals surface area contributed by atoms with Crippen LogP contribution in [-0.4, -0.2) is 37.5 Å². The quantitative estimate of drug-likeness (QED) is 0.173. The van der Waals surface area contributed by atoms with Crippen LogP contribution in [0, 0.1) is 5.92 Å². The van der Waals surface area contributed by atoms with E-state index in [0.717, 1.165) is 84.3 Å². The van der Waals surface area contributed by atoms with Crippen LogP contribution >= 0.6 is 11.3 Å². The third-order valence-corrected chi connectivity index (χ3v) is 9.13. The molecule has 0 radical (unpaired) electrons. The number of Topliss-reactive ketones (excluding diaryl/α,β-unsaturated/α-hetero) is 1. The Kier molecular flexibility index (Phi) is 6.49. The summed E-state index contributed by atoms with van der Waals surface area (Å²) in [5, 5.41) is 13.5. The predicted molar refractivity (Wildman–Crippen MR) is 161 cm³/mol. The van der Waals surface area contributed by atoms with Crippen molar-refractivity contribution in [3.63, 3.8) is 0 Å². The monoisotopic (exact) mass is 546 g/mol. The predicted octanol–water partition coefficient (Wildman–Crippen LogP) is 7.38. The largest absolute Gasteiger partial charge is 0.353 e. The zero-order valence-electron chi connectivity index (χ0n) is 22.3. The molecular formula is C32H30N6OS. The molecule has 0 atom stereocenters. The summed E-state index contributed by atoms with van der Waals surface area (Å²) in [6.07, 6.45) is 11.1. The van der Waals surface area contributed by atoms with Crippen LogP contribution in [0.3, 0.4) is 0 Å². The van der Waals surface area contributed by atoms with Gasteiger partial charge in [0.25, 0.3) is 0 Å². The zero-order valence-corrected chi connectivity index (χ0v) is 23.1. The molecule has 40 heavy (non-hydrogen) atoms. The number of fused-ring (bicyclic) bond motifs is 2. The molecule has 5 heterocycles. The maximum atomic E-state index is 11.9. The highest BCUT2D eigenvalue weighted by atomic mass is 32.1. The van der Waals surface area contributed by atoms with E-state index in [1.54, 1.807) is 6.92 Å². The van der Waals surface area contributed by atoms with Crippen molar-refractivity contribution < 1.29 is 4.79 Å². The highest BCUT2D eigenvalue weighted by Gasteiger charge is 2.17. The number of nitrogens with zero attached hydrogens (tertiary/aromatic N) is 3. The van der Waals surface area contributed by atoms with E-state index in [4.69, 9.17) is 4.98 Å². The second-order valence-electron chi connectivity index (χ2n) is 10.7. The Morgan fingerprint density at radius 1 is 1.02 bits per heavy atom. The summed E-state index contributed by atoms with van der Waals surface area (Å²) in [5.41, 5.74) is 7.80. The van der Waals surface area contributed by atoms with Gasteiger partial charge in [-0.05, 0) is 74.2 Å². The summed E-state index contributed by atoms with van der Waals surface area (Å²) < 4.78 is 0. The van der Waals surface area contributed by atoms with Gasteiger partial charge < -0.3 is 10.3 Å². The Hall–Kier alpha value is -4.14. The topological polar surface area (TPSA) is 99.4 Å². The summed E-state index contributed by atoms with van der Waals surface area (Å²) in [5.74, 6) is 0.899. The molecule has 1 fully saturated rings. The highest BCUT2D eigenvalue weighted by Crippen LogP contribution is 2.37. The summed E-state index contributed by atoms with van der Waals surface area (Å²) in [4.78, 5) is 26.5. The van der Waals surface area contributed by atoms with Crippen molar-refractivity contribution in [2.75, 3.05) is 6.54 Å². The van der Waals surface area contributed by atoms with Gasteiger partial charge in [0, 0.05) is 51.2 Å². The number of carbonyl (C=O) groups excluding carboxylic acids is 1. The molecule has 7 rings (SSSR count). The van der Waals surface area contributed by atoms with Gasteiger partial charge in [-0.2, -0.15) is 5.10 Å². The molecule has 0 amide bonds. The van der Waals surface area contributed by atoms with E-state index in [9.17, 15) is 4.79 Å². The van der Waals surface area contributed by atoms with Gasteiger partial charge in [0.1, 0.15) is 5.69 Å². The number of carbonyl (C=O) groups is 1. The molecule has 1 aromatic carbocycles. The van der Waals surface area contributed by atoms with Crippen LogP contribution in [0.25, 0.3) is 54.9 Å². The van der Waals surface area contributed by atoms with Gasteiger partial charge in [-0.25, -0.2) is 0 Å². The molecule has 0 aliphatic heterocycles. The molecule has 5 aromatic heterocycles. The van der Waals surface area contributed by atoms with Crippen molar-refractivity contribution in [3.05, 3.63) is 77.6 Å². The number of ketones is 1. The second-order valence-corrected chi connectivity index (χ2v) is 11.8. The standard InChI is InChI=1S/C32H30N6OS/c1-19(39)30-9-10-31(40-30)23-7-4-8-26-24(23)12-28(36-26)32-25-13-27(35-18-29(25)37-38-32)22-11-21(16-34-17-22)15-33-14-20-5-2-3-6-20/h4,7-13,16-18,20,33,36H,2-3,5-6,14-15H2,1H3,(H,37,38). The first kappa shape index (κ1) is 24.9. The lowest BCUT2D eigenvalue weighted by Gasteiger charge is -2.11. The average molecular weight is 547 g/mol. The summed E-state index contributed by atoms with van der Waals surface area (Å²) in [6.45, 7) is 3.49. The van der Waals surface area contributed by atoms with Gasteiger partial charge in [-0.15, -0.1) is 11.3 Å². The van der Waals surface area contributed by atoms with Crippen LogP contribution in [0.1, 0.15) is 47.8 Å². The Morgan fingerprint density at radius 2 is 1.93 bits per heavy atom. The van der Waals surface area contributed by atoms with Crippen LogP contribution in [0.5, 0.6) is 0 Å².